The molecular weight excluding hydrogens is 376 g/mol. The molecule has 2 aromatic carbocycles. The summed E-state index contributed by atoms with van der Waals surface area (Å²) < 4.78 is 0. The van der Waals surface area contributed by atoms with Crippen molar-refractivity contribution in [3.63, 3.8) is 0 Å². The molecule has 4 rings (SSSR count). The van der Waals surface area contributed by atoms with Crippen LogP contribution in [0.25, 0.3) is 11.1 Å². The van der Waals surface area contributed by atoms with Crippen LogP contribution in [0.3, 0.4) is 0 Å². The average molecular weight is 400 g/mol. The highest BCUT2D eigenvalue weighted by molar-refractivity contribution is 6.04. The zero-order valence-corrected chi connectivity index (χ0v) is 16.9. The third-order valence-corrected chi connectivity index (χ3v) is 5.18. The lowest BCUT2D eigenvalue weighted by molar-refractivity contribution is 0.0735. The fourth-order valence-corrected chi connectivity index (χ4v) is 3.42. The summed E-state index contributed by atoms with van der Waals surface area (Å²) in [6.07, 6.45) is 3.27. The lowest BCUT2D eigenvalue weighted by Crippen LogP contribution is -2.46. The Labute approximate surface area is 175 Å². The van der Waals surface area contributed by atoms with Crippen molar-refractivity contribution >= 4 is 17.5 Å². The Balaban J connectivity index is 1.48. The number of amides is 2. The number of nitrogens with zero attached hydrogens (tertiary/aromatic N) is 2. The van der Waals surface area contributed by atoms with Crippen molar-refractivity contribution < 1.29 is 9.59 Å². The number of hydrogen-bond donors (Lipinski definition) is 2. The highest BCUT2D eigenvalue weighted by Crippen LogP contribution is 2.21. The number of nitrogens with one attached hydrogen (secondary N) is 2. The molecule has 30 heavy (non-hydrogen) atoms. The van der Waals surface area contributed by atoms with Crippen molar-refractivity contribution in [2.24, 2.45) is 0 Å². The molecule has 0 atom stereocenters. The minimum absolute atomic E-state index is 0.0485. The Morgan fingerprint density at radius 3 is 2.30 bits per heavy atom. The fraction of sp³-hybridized carbons (Fsp3) is 0.208. The smallest absolute Gasteiger partial charge is 0.257 e. The molecular formula is C24H24N4O2. The van der Waals surface area contributed by atoms with Crippen LogP contribution >= 0.6 is 0 Å². The second-order valence-corrected chi connectivity index (χ2v) is 7.40. The molecule has 2 N–H and O–H groups in total. The van der Waals surface area contributed by atoms with E-state index in [4.69, 9.17) is 0 Å². The predicted molar refractivity (Wildman–Crippen MR) is 118 cm³/mol. The number of carbonyl (C=O) groups is 2. The molecule has 0 bridgehead atoms. The van der Waals surface area contributed by atoms with Crippen LogP contribution in [0.4, 0.5) is 5.69 Å². The fourth-order valence-electron chi connectivity index (χ4n) is 3.42. The first kappa shape index (κ1) is 19.8. The summed E-state index contributed by atoms with van der Waals surface area (Å²) in [6, 6.07) is 16.9. The van der Waals surface area contributed by atoms with E-state index in [1.807, 2.05) is 66.4 Å². The maximum absolute atomic E-state index is 12.6. The number of aromatic nitrogens is 1. The number of aryl methyl sites for hydroxylation is 1. The van der Waals surface area contributed by atoms with Gasteiger partial charge in [-0.15, -0.1) is 0 Å². The lowest BCUT2D eigenvalue weighted by atomic mass is 10.0. The van der Waals surface area contributed by atoms with E-state index in [0.29, 0.717) is 11.1 Å². The zero-order valence-electron chi connectivity index (χ0n) is 16.9. The van der Waals surface area contributed by atoms with Gasteiger partial charge in [-0.25, -0.2) is 0 Å². The van der Waals surface area contributed by atoms with Gasteiger partial charge in [0, 0.05) is 55.4 Å². The first-order chi connectivity index (χ1) is 14.6. The number of rotatable bonds is 4. The molecule has 0 spiro atoms. The number of benzene rings is 2. The van der Waals surface area contributed by atoms with Crippen molar-refractivity contribution in [1.82, 2.24) is 15.2 Å². The van der Waals surface area contributed by atoms with E-state index in [2.05, 4.69) is 15.6 Å². The van der Waals surface area contributed by atoms with Crippen LogP contribution in [-0.2, 0) is 0 Å². The summed E-state index contributed by atoms with van der Waals surface area (Å²) in [4.78, 5) is 31.3. The van der Waals surface area contributed by atoms with Gasteiger partial charge in [-0.1, -0.05) is 29.8 Å². The van der Waals surface area contributed by atoms with Crippen LogP contribution in [0.5, 0.6) is 0 Å². The second kappa shape index (κ2) is 8.88. The van der Waals surface area contributed by atoms with Gasteiger partial charge in [0.05, 0.1) is 5.56 Å². The van der Waals surface area contributed by atoms with Crippen LogP contribution in [-0.4, -0.2) is 47.9 Å². The van der Waals surface area contributed by atoms with Gasteiger partial charge in [0.1, 0.15) is 0 Å². The van der Waals surface area contributed by atoms with Gasteiger partial charge in [0.15, 0.2) is 0 Å². The van der Waals surface area contributed by atoms with E-state index in [9.17, 15) is 9.59 Å². The molecule has 0 unspecified atom stereocenters. The molecule has 152 valence electrons. The molecule has 2 amide bonds. The molecule has 6 heteroatoms. The first-order valence-electron chi connectivity index (χ1n) is 10.0. The molecule has 6 nitrogen and oxygen atoms in total. The number of piperazine rings is 1. The Kier molecular flexibility index (Phi) is 5.86. The van der Waals surface area contributed by atoms with Crippen molar-refractivity contribution in [1.29, 1.82) is 0 Å². The van der Waals surface area contributed by atoms with E-state index in [-0.39, 0.29) is 11.8 Å². The van der Waals surface area contributed by atoms with Gasteiger partial charge in [-0.05, 0) is 42.8 Å². The van der Waals surface area contributed by atoms with Gasteiger partial charge in [0.2, 0.25) is 0 Å². The second-order valence-electron chi connectivity index (χ2n) is 7.40. The molecule has 1 fully saturated rings. The predicted octanol–water partition coefficient (Wildman–Crippen LogP) is 3.35. The number of anilines is 1. The van der Waals surface area contributed by atoms with Gasteiger partial charge in [-0.3, -0.25) is 14.6 Å². The summed E-state index contributed by atoms with van der Waals surface area (Å²) in [7, 11) is 0. The Bertz CT molecular complexity index is 1040. The quantitative estimate of drug-likeness (QED) is 0.704. The monoisotopic (exact) mass is 400 g/mol. The molecule has 0 radical (unpaired) electrons. The third kappa shape index (κ3) is 4.55. The largest absolute Gasteiger partial charge is 0.336 e. The molecule has 3 aromatic rings. The highest BCUT2D eigenvalue weighted by Gasteiger charge is 2.18. The van der Waals surface area contributed by atoms with Crippen molar-refractivity contribution in [3.05, 3.63) is 83.7 Å². The summed E-state index contributed by atoms with van der Waals surface area (Å²) in [5.74, 6) is -0.161. The summed E-state index contributed by atoms with van der Waals surface area (Å²) >= 11 is 0. The molecule has 2 heterocycles. The maximum atomic E-state index is 12.6. The van der Waals surface area contributed by atoms with Crippen LogP contribution in [0.2, 0.25) is 0 Å². The van der Waals surface area contributed by atoms with Crippen LogP contribution in [0, 0.1) is 6.92 Å². The van der Waals surface area contributed by atoms with Gasteiger partial charge in [0.25, 0.3) is 11.8 Å². The molecule has 0 saturated carbocycles. The highest BCUT2D eigenvalue weighted by atomic mass is 16.2. The molecule has 0 aliphatic carbocycles. The van der Waals surface area contributed by atoms with Crippen LogP contribution < -0.4 is 10.6 Å². The Hall–Kier alpha value is -3.51. The van der Waals surface area contributed by atoms with Crippen LogP contribution in [0.15, 0.2) is 67.0 Å². The lowest BCUT2D eigenvalue weighted by Gasteiger charge is -2.27. The molecule has 1 aromatic heterocycles. The van der Waals surface area contributed by atoms with Crippen molar-refractivity contribution in [2.75, 3.05) is 31.5 Å². The maximum Gasteiger partial charge on any atom is 0.257 e. The zero-order chi connectivity index (χ0) is 20.9. The summed E-state index contributed by atoms with van der Waals surface area (Å²) in [5.41, 5.74) is 4.76. The van der Waals surface area contributed by atoms with E-state index < -0.39 is 0 Å². The van der Waals surface area contributed by atoms with E-state index in [0.717, 1.165) is 48.6 Å². The normalized spacial score (nSPS) is 13.7. The first-order valence-corrected chi connectivity index (χ1v) is 10.0. The van der Waals surface area contributed by atoms with Gasteiger partial charge in [-0.2, -0.15) is 0 Å². The standard InChI is InChI=1S/C24H24N4O2/c1-17-2-8-22(9-3-17)27-23(29)21-14-20(15-26-16-21)18-4-6-19(7-5-18)24(30)28-12-10-25-11-13-28/h2-9,14-16,25H,10-13H2,1H3,(H,27,29). The number of pyridine rings is 1. The van der Waals surface area contributed by atoms with Crippen LogP contribution in [0.1, 0.15) is 26.3 Å². The molecule has 1 saturated heterocycles. The number of hydrogen-bond acceptors (Lipinski definition) is 4. The minimum atomic E-state index is -0.210. The average Bonchev–Trinajstić information content (AvgIpc) is 2.81. The van der Waals surface area contributed by atoms with E-state index >= 15 is 0 Å². The Morgan fingerprint density at radius 2 is 1.60 bits per heavy atom. The van der Waals surface area contributed by atoms with E-state index in [1.54, 1.807) is 12.4 Å². The molecule has 1 aliphatic rings. The topological polar surface area (TPSA) is 74.3 Å². The van der Waals surface area contributed by atoms with Gasteiger partial charge < -0.3 is 15.5 Å². The Morgan fingerprint density at radius 1 is 0.900 bits per heavy atom. The molecule has 1 aliphatic heterocycles. The van der Waals surface area contributed by atoms with Gasteiger partial charge >= 0.3 is 0 Å². The van der Waals surface area contributed by atoms with Crippen molar-refractivity contribution in [3.8, 4) is 11.1 Å². The number of carbonyl (C=O) groups excluding carboxylic acids is 2. The summed E-state index contributed by atoms with van der Waals surface area (Å²) in [5, 5.41) is 6.14. The van der Waals surface area contributed by atoms with Crippen molar-refractivity contribution in [2.45, 2.75) is 6.92 Å². The third-order valence-electron chi connectivity index (χ3n) is 5.18. The minimum Gasteiger partial charge on any atom is -0.336 e. The SMILES string of the molecule is Cc1ccc(NC(=O)c2cncc(-c3ccc(C(=O)N4CCNCC4)cc3)c2)cc1. The summed E-state index contributed by atoms with van der Waals surface area (Å²) in [6.45, 7) is 5.10. The van der Waals surface area contributed by atoms with E-state index in [1.165, 1.54) is 0 Å².